The molecule has 0 aromatic carbocycles. The first-order valence-electron chi connectivity index (χ1n) is 2.47. The lowest BCUT2D eigenvalue weighted by atomic mass is 10.5. The van der Waals surface area contributed by atoms with Gasteiger partial charge in [0.2, 0.25) is 0 Å². The molecule has 0 atom stereocenters. The summed E-state index contributed by atoms with van der Waals surface area (Å²) < 4.78 is 0.844. The second-order valence-electron chi connectivity index (χ2n) is 2.74. The molecule has 0 aromatic rings. The molecule has 0 unspecified atom stereocenters. The van der Waals surface area contributed by atoms with Crippen molar-refractivity contribution < 1.29 is 27.5 Å². The van der Waals surface area contributed by atoms with Gasteiger partial charge < -0.3 is 27.5 Å². The quantitative estimate of drug-likeness (QED) is 0.452. The van der Waals surface area contributed by atoms with Crippen LogP contribution in [0.15, 0.2) is 0 Å². The van der Waals surface area contributed by atoms with Crippen LogP contribution in [-0.2, 0) is 0 Å². The molecule has 0 saturated heterocycles. The van der Waals surface area contributed by atoms with Crippen molar-refractivity contribution in [2.75, 3.05) is 34.3 Å². The molecule has 0 heterocycles. The van der Waals surface area contributed by atoms with E-state index in [1.165, 1.54) is 0 Å². The van der Waals surface area contributed by atoms with Crippen molar-refractivity contribution in [2.24, 2.45) is 0 Å². The Morgan fingerprint density at radius 1 is 1.20 bits per heavy atom. The molecule has 0 saturated carbocycles. The first-order valence-corrected chi connectivity index (χ1v) is 2.47. The Labute approximate surface area is 74.7 Å². The Bertz CT molecular complexity index is 56.1. The number of likely N-dealkylation sites (N-methyl/N-ethyl adjacent to an activating group) is 1. The van der Waals surface area contributed by atoms with Crippen LogP contribution in [0.1, 0.15) is 0 Å². The van der Waals surface area contributed by atoms with Crippen LogP contribution in [0, 0.1) is 0 Å². The van der Waals surface area contributed by atoms with Crippen molar-refractivity contribution >= 4 is 12.4 Å². The summed E-state index contributed by atoms with van der Waals surface area (Å²) in [6.45, 7) is 1.11. The smallest absolute Gasteiger partial charge is 0.101 e. The zero-order valence-electron chi connectivity index (χ0n) is 6.59. The van der Waals surface area contributed by atoms with Crippen LogP contribution in [0.3, 0.4) is 0 Å². The summed E-state index contributed by atoms with van der Waals surface area (Å²) in [7, 11) is 6.16. The monoisotopic (exact) mass is 193 g/mol. The first kappa shape index (κ1) is 22.4. The second kappa shape index (κ2) is 9.46. The molecule has 0 bridgehead atoms. The van der Waals surface area contributed by atoms with Gasteiger partial charge >= 0.3 is 0 Å². The van der Waals surface area contributed by atoms with E-state index in [0.717, 1.165) is 11.0 Å². The maximum Gasteiger partial charge on any atom is 0.101 e. The number of aliphatic hydroxyl groups excluding tert-OH is 1. The third-order valence-corrected chi connectivity index (χ3v) is 0.771. The van der Waals surface area contributed by atoms with E-state index >= 15 is 0 Å². The first-order chi connectivity index (χ1) is 3.06. The molecule has 68 valence electrons. The summed E-state index contributed by atoms with van der Waals surface area (Å²) in [5.41, 5.74) is 0. The normalized spacial score (nSPS) is 8.40. The van der Waals surface area contributed by atoms with E-state index in [2.05, 4.69) is 21.1 Å². The average Bonchev–Trinajstić information content (AvgIpc) is 1.30. The summed E-state index contributed by atoms with van der Waals surface area (Å²) in [5.74, 6) is 0. The summed E-state index contributed by atoms with van der Waals surface area (Å²) >= 11 is 0. The molecule has 0 spiro atoms. The Kier molecular flexibility index (Phi) is 21.2. The third-order valence-electron chi connectivity index (χ3n) is 0.771. The summed E-state index contributed by atoms with van der Waals surface area (Å²) in [5, 5.41) is 8.39. The van der Waals surface area contributed by atoms with Gasteiger partial charge in [-0.3, -0.25) is 0 Å². The molecule has 5 heteroatoms. The highest BCUT2D eigenvalue weighted by atomic mass is 35.5. The number of aliphatic hydroxyl groups is 1. The highest BCUT2D eigenvalue weighted by Crippen LogP contribution is 1.84. The number of nitrogens with zero attached hydrogens (tertiary/aromatic N) is 1. The van der Waals surface area contributed by atoms with Crippen molar-refractivity contribution in [3.63, 3.8) is 0 Å². The van der Waals surface area contributed by atoms with Crippen LogP contribution < -0.4 is 12.4 Å². The number of hydrogen-bond acceptors (Lipinski definition) is 1. The molecule has 0 aliphatic carbocycles. The summed E-state index contributed by atoms with van der Waals surface area (Å²) in [6, 6.07) is 0. The van der Waals surface area contributed by atoms with Gasteiger partial charge in [0.15, 0.2) is 0 Å². The lowest BCUT2D eigenvalue weighted by Gasteiger charge is -2.21. The molecule has 0 aromatic heterocycles. The predicted molar refractivity (Wildman–Crippen MR) is 40.8 cm³/mol. The lowest BCUT2D eigenvalue weighted by Crippen LogP contribution is -3.00. The van der Waals surface area contributed by atoms with E-state index in [-0.39, 0.29) is 36.9 Å². The van der Waals surface area contributed by atoms with Gasteiger partial charge in [-0.15, -0.1) is 12.4 Å². The van der Waals surface area contributed by atoms with Crippen molar-refractivity contribution in [3.8, 4) is 0 Å². The van der Waals surface area contributed by atoms with Gasteiger partial charge in [0.1, 0.15) is 6.54 Å². The van der Waals surface area contributed by atoms with Crippen molar-refractivity contribution in [2.45, 2.75) is 0 Å². The molecule has 0 aliphatic rings. The average molecular weight is 194 g/mol. The van der Waals surface area contributed by atoms with E-state index in [9.17, 15) is 0 Å². The Morgan fingerprint density at radius 3 is 1.50 bits per heavy atom. The maximum absolute atomic E-state index is 8.39. The minimum Gasteiger partial charge on any atom is -1.00 e. The van der Waals surface area contributed by atoms with Crippen LogP contribution in [0.25, 0.3) is 0 Å². The van der Waals surface area contributed by atoms with E-state index in [0.29, 0.717) is 0 Å². The number of hydrogen-bond donors (Lipinski definition) is 1. The van der Waals surface area contributed by atoms with Gasteiger partial charge in [-0.1, -0.05) is 0 Å². The number of halogens is 2. The minimum atomic E-state index is 0. The predicted octanol–water partition coefficient (Wildman–Crippen LogP) is -3.71. The van der Waals surface area contributed by atoms with E-state index in [1.54, 1.807) is 0 Å². The Balaban J connectivity index is -0.0000000600. The van der Waals surface area contributed by atoms with Gasteiger partial charge in [-0.05, 0) is 0 Å². The van der Waals surface area contributed by atoms with Gasteiger partial charge in [0, 0.05) is 0 Å². The fourth-order valence-corrected chi connectivity index (χ4v) is 0.300. The van der Waals surface area contributed by atoms with Gasteiger partial charge in [-0.25, -0.2) is 0 Å². The third kappa shape index (κ3) is 23.7. The SMILES string of the molecule is C[N+](C)(C)CCO.Cl.O.[Cl-]. The molecule has 0 rings (SSSR count). The maximum atomic E-state index is 8.39. The van der Waals surface area contributed by atoms with E-state index in [4.69, 9.17) is 5.11 Å². The molecule has 0 radical (unpaired) electrons. The summed E-state index contributed by atoms with van der Waals surface area (Å²) in [6.07, 6.45) is 0. The Hall–Kier alpha value is 0.460. The molecule has 0 aliphatic heterocycles. The molecular weight excluding hydrogens is 177 g/mol. The second-order valence-corrected chi connectivity index (χ2v) is 2.74. The molecule has 3 N–H and O–H groups in total. The number of quaternary nitrogens is 1. The number of rotatable bonds is 2. The fourth-order valence-electron chi connectivity index (χ4n) is 0.300. The van der Waals surface area contributed by atoms with Crippen LogP contribution in [0.2, 0.25) is 0 Å². The van der Waals surface area contributed by atoms with Crippen molar-refractivity contribution in [3.05, 3.63) is 0 Å². The van der Waals surface area contributed by atoms with Crippen LogP contribution in [0.5, 0.6) is 0 Å². The van der Waals surface area contributed by atoms with Gasteiger partial charge in [0.05, 0.1) is 27.7 Å². The molecule has 3 nitrogen and oxygen atoms in total. The lowest BCUT2D eigenvalue weighted by molar-refractivity contribution is -0.870. The molecular formula is C5H17Cl2NO2. The largest absolute Gasteiger partial charge is 1.00 e. The zero-order valence-corrected chi connectivity index (χ0v) is 8.17. The minimum absolute atomic E-state index is 0. The van der Waals surface area contributed by atoms with Crippen LogP contribution in [0.4, 0.5) is 0 Å². The van der Waals surface area contributed by atoms with E-state index < -0.39 is 0 Å². The fraction of sp³-hybridized carbons (Fsp3) is 1.00. The highest BCUT2D eigenvalue weighted by molar-refractivity contribution is 5.85. The van der Waals surface area contributed by atoms with Crippen LogP contribution >= 0.6 is 12.4 Å². The molecule has 0 fully saturated rings. The molecule has 10 heavy (non-hydrogen) atoms. The molecule has 0 amide bonds. The topological polar surface area (TPSA) is 51.7 Å². The van der Waals surface area contributed by atoms with Gasteiger partial charge in [-0.2, -0.15) is 0 Å². The zero-order chi connectivity index (χ0) is 5.91. The van der Waals surface area contributed by atoms with Gasteiger partial charge in [0.25, 0.3) is 0 Å². The standard InChI is InChI=1S/C5H14NO.2ClH.H2O/c1-6(2,3)4-5-7;;;/h7H,4-5H2,1-3H3;2*1H;1H2/q+1;;;/p-1. The van der Waals surface area contributed by atoms with Crippen molar-refractivity contribution in [1.29, 1.82) is 0 Å². The highest BCUT2D eigenvalue weighted by Gasteiger charge is 2.02. The van der Waals surface area contributed by atoms with Crippen LogP contribution in [-0.4, -0.2) is 49.4 Å². The van der Waals surface area contributed by atoms with E-state index in [1.807, 2.05) is 0 Å². The van der Waals surface area contributed by atoms with Crippen molar-refractivity contribution in [1.82, 2.24) is 0 Å². The summed E-state index contributed by atoms with van der Waals surface area (Å²) in [4.78, 5) is 0. The Morgan fingerprint density at radius 2 is 1.50 bits per heavy atom.